The number of nitrogens with one attached hydrogen (secondary N) is 3. The molecule has 2 heterocycles. The second-order valence-corrected chi connectivity index (χ2v) is 7.09. The van der Waals surface area contributed by atoms with E-state index in [-0.39, 0.29) is 0 Å². The predicted molar refractivity (Wildman–Crippen MR) is 102 cm³/mol. The van der Waals surface area contributed by atoms with Crippen LogP contribution in [-0.4, -0.2) is 27.0 Å². The molecule has 0 atom stereocenters. The van der Waals surface area contributed by atoms with Gasteiger partial charge in [-0.2, -0.15) is 0 Å². The van der Waals surface area contributed by atoms with E-state index in [2.05, 4.69) is 31.7 Å². The number of fused-ring (bicyclic) bond motifs is 1. The summed E-state index contributed by atoms with van der Waals surface area (Å²) in [6.45, 7) is 0.835. The highest BCUT2D eigenvalue weighted by Crippen LogP contribution is 2.28. The van der Waals surface area contributed by atoms with E-state index in [0.717, 1.165) is 46.7 Å². The number of hydrogen-bond donors (Lipinski definition) is 3. The number of imidazole rings is 1. The minimum Gasteiger partial charge on any atom is -0.382 e. The van der Waals surface area contributed by atoms with Gasteiger partial charge in [-0.25, -0.2) is 4.98 Å². The van der Waals surface area contributed by atoms with Gasteiger partial charge in [0, 0.05) is 47.1 Å². The lowest BCUT2D eigenvalue weighted by Crippen LogP contribution is -2.36. The molecule has 4 rings (SSSR count). The molecule has 1 aromatic carbocycles. The molecule has 2 aromatic heterocycles. The summed E-state index contributed by atoms with van der Waals surface area (Å²) in [5.74, 6) is 0. The van der Waals surface area contributed by atoms with Gasteiger partial charge in [0.05, 0.1) is 17.5 Å². The monoisotopic (exact) mass is 355 g/mol. The molecular formula is C19H22ClN5. The van der Waals surface area contributed by atoms with E-state index in [0.29, 0.717) is 12.1 Å². The van der Waals surface area contributed by atoms with Crippen LogP contribution in [0.25, 0.3) is 10.9 Å². The molecule has 0 amide bonds. The molecule has 1 fully saturated rings. The molecule has 1 aliphatic rings. The van der Waals surface area contributed by atoms with Crippen LogP contribution in [0, 0.1) is 0 Å². The van der Waals surface area contributed by atoms with E-state index in [9.17, 15) is 0 Å². The van der Waals surface area contributed by atoms with Gasteiger partial charge in [-0.05, 0) is 49.9 Å². The number of aromatic amines is 1. The molecule has 0 aliphatic heterocycles. The summed E-state index contributed by atoms with van der Waals surface area (Å²) in [6, 6.07) is 9.01. The molecule has 6 heteroatoms. The molecule has 5 nitrogen and oxygen atoms in total. The topological polar surface area (TPSA) is 65.6 Å². The number of H-pyrrole nitrogens is 1. The maximum absolute atomic E-state index is 6.07. The fourth-order valence-electron chi connectivity index (χ4n) is 3.55. The minimum absolute atomic E-state index is 0.504. The minimum atomic E-state index is 0.504. The second-order valence-electron chi connectivity index (χ2n) is 6.65. The molecule has 3 N–H and O–H groups in total. The third kappa shape index (κ3) is 3.94. The maximum atomic E-state index is 6.07. The summed E-state index contributed by atoms with van der Waals surface area (Å²) in [7, 11) is 0. The lowest BCUT2D eigenvalue weighted by Gasteiger charge is -2.30. The number of halogens is 1. The first-order chi connectivity index (χ1) is 12.3. The predicted octanol–water partition coefficient (Wildman–Crippen LogP) is 4.12. The van der Waals surface area contributed by atoms with Crippen LogP contribution in [0.15, 0.2) is 43.0 Å². The van der Waals surface area contributed by atoms with Gasteiger partial charge in [0.2, 0.25) is 0 Å². The van der Waals surface area contributed by atoms with Gasteiger partial charge in [-0.3, -0.25) is 4.98 Å². The molecular weight excluding hydrogens is 334 g/mol. The van der Waals surface area contributed by atoms with E-state index in [1.807, 2.05) is 30.6 Å². The average molecular weight is 356 g/mol. The fourth-order valence-corrected chi connectivity index (χ4v) is 3.71. The van der Waals surface area contributed by atoms with Gasteiger partial charge in [0.1, 0.15) is 0 Å². The largest absolute Gasteiger partial charge is 0.382 e. The van der Waals surface area contributed by atoms with Crippen molar-refractivity contribution in [1.29, 1.82) is 0 Å². The summed E-state index contributed by atoms with van der Waals surface area (Å²) in [6.07, 6.45) is 10.2. The molecule has 1 aliphatic carbocycles. The van der Waals surface area contributed by atoms with Crippen molar-refractivity contribution in [2.75, 3.05) is 5.32 Å². The van der Waals surface area contributed by atoms with Crippen LogP contribution in [-0.2, 0) is 6.54 Å². The number of anilines is 1. The summed E-state index contributed by atoms with van der Waals surface area (Å²) >= 11 is 6.07. The van der Waals surface area contributed by atoms with Crippen molar-refractivity contribution in [3.05, 3.63) is 53.7 Å². The van der Waals surface area contributed by atoms with Gasteiger partial charge in [-0.1, -0.05) is 11.6 Å². The molecule has 0 spiro atoms. The summed E-state index contributed by atoms with van der Waals surface area (Å²) in [4.78, 5) is 11.7. The van der Waals surface area contributed by atoms with Crippen molar-refractivity contribution < 1.29 is 0 Å². The molecule has 0 bridgehead atoms. The molecule has 1 saturated carbocycles. The second kappa shape index (κ2) is 7.42. The quantitative estimate of drug-likeness (QED) is 0.644. The van der Waals surface area contributed by atoms with Crippen molar-refractivity contribution >= 4 is 28.2 Å². The Labute approximate surface area is 152 Å². The van der Waals surface area contributed by atoms with Crippen LogP contribution in [0.4, 0.5) is 5.69 Å². The van der Waals surface area contributed by atoms with Crippen molar-refractivity contribution in [1.82, 2.24) is 20.3 Å². The van der Waals surface area contributed by atoms with Gasteiger partial charge in [-0.15, -0.1) is 0 Å². The Morgan fingerprint density at radius 1 is 1.08 bits per heavy atom. The van der Waals surface area contributed by atoms with Crippen molar-refractivity contribution in [2.24, 2.45) is 0 Å². The van der Waals surface area contributed by atoms with Crippen LogP contribution in [0.2, 0.25) is 5.02 Å². The molecule has 0 saturated heterocycles. The first kappa shape index (κ1) is 16.4. The molecule has 130 valence electrons. The van der Waals surface area contributed by atoms with Crippen LogP contribution < -0.4 is 10.6 Å². The first-order valence-electron chi connectivity index (χ1n) is 8.80. The van der Waals surface area contributed by atoms with E-state index < -0.39 is 0 Å². The zero-order chi connectivity index (χ0) is 17.1. The summed E-state index contributed by atoms with van der Waals surface area (Å²) < 4.78 is 0. The van der Waals surface area contributed by atoms with Crippen LogP contribution >= 0.6 is 11.6 Å². The highest BCUT2D eigenvalue weighted by molar-refractivity contribution is 6.31. The normalized spacial score (nSPS) is 20.7. The number of benzene rings is 1. The number of aromatic nitrogens is 3. The summed E-state index contributed by atoms with van der Waals surface area (Å²) in [5, 5.41) is 9.17. The smallest absolute Gasteiger partial charge is 0.0923 e. The van der Waals surface area contributed by atoms with Gasteiger partial charge in [0.25, 0.3) is 0 Å². The lowest BCUT2D eigenvalue weighted by atomic mass is 9.91. The Kier molecular flexibility index (Phi) is 4.85. The van der Waals surface area contributed by atoms with Gasteiger partial charge in [0.15, 0.2) is 0 Å². The lowest BCUT2D eigenvalue weighted by molar-refractivity contribution is 0.352. The van der Waals surface area contributed by atoms with E-state index in [1.165, 1.54) is 12.8 Å². The van der Waals surface area contributed by atoms with Crippen LogP contribution in [0.5, 0.6) is 0 Å². The number of pyridine rings is 1. The standard InChI is InChI=1S/C19H22ClN5/c20-13-1-6-17-18(7-8-22-19(17)9-13)25-15-4-2-14(3-5-15)23-11-16-10-21-12-24-16/h1,6-10,12,14-15,23H,2-5,11H2,(H,21,24)(H,22,25)/t14-,15+. The SMILES string of the molecule is Clc1ccc2c(N[C@H]3CC[C@@H](NCc4c[nH]cn4)CC3)ccnc2c1. The van der Waals surface area contributed by atoms with Crippen molar-refractivity contribution in [2.45, 2.75) is 44.3 Å². The Morgan fingerprint density at radius 3 is 2.72 bits per heavy atom. The maximum Gasteiger partial charge on any atom is 0.0923 e. The first-order valence-corrected chi connectivity index (χ1v) is 9.17. The van der Waals surface area contributed by atoms with E-state index in [1.54, 1.807) is 6.33 Å². The number of hydrogen-bond acceptors (Lipinski definition) is 4. The van der Waals surface area contributed by atoms with Gasteiger partial charge >= 0.3 is 0 Å². The molecule has 3 aromatic rings. The van der Waals surface area contributed by atoms with Crippen LogP contribution in [0.3, 0.4) is 0 Å². The molecule has 0 radical (unpaired) electrons. The fraction of sp³-hybridized carbons (Fsp3) is 0.368. The molecule has 25 heavy (non-hydrogen) atoms. The average Bonchev–Trinajstić information content (AvgIpc) is 3.15. The Hall–Kier alpha value is -2.11. The zero-order valence-electron chi connectivity index (χ0n) is 14.0. The van der Waals surface area contributed by atoms with Crippen molar-refractivity contribution in [3.8, 4) is 0 Å². The Morgan fingerprint density at radius 2 is 1.92 bits per heavy atom. The number of rotatable bonds is 5. The van der Waals surface area contributed by atoms with E-state index >= 15 is 0 Å². The third-order valence-corrected chi connectivity index (χ3v) is 5.15. The Bertz CT molecular complexity index is 825. The number of nitrogens with zero attached hydrogens (tertiary/aromatic N) is 2. The third-order valence-electron chi connectivity index (χ3n) is 4.92. The van der Waals surface area contributed by atoms with Crippen molar-refractivity contribution in [3.63, 3.8) is 0 Å². The molecule has 0 unspecified atom stereocenters. The summed E-state index contributed by atoms with van der Waals surface area (Å²) in [5.41, 5.74) is 3.16. The Balaban J connectivity index is 1.34. The highest BCUT2D eigenvalue weighted by atomic mass is 35.5. The van der Waals surface area contributed by atoms with Gasteiger partial charge < -0.3 is 15.6 Å². The van der Waals surface area contributed by atoms with E-state index in [4.69, 9.17) is 11.6 Å². The highest BCUT2D eigenvalue weighted by Gasteiger charge is 2.21. The zero-order valence-corrected chi connectivity index (χ0v) is 14.8. The van der Waals surface area contributed by atoms with Crippen LogP contribution in [0.1, 0.15) is 31.4 Å².